The number of carbonyl (C=O) groups excluding carboxylic acids is 1. The van der Waals surface area contributed by atoms with Crippen molar-refractivity contribution < 1.29 is 19.1 Å². The van der Waals surface area contributed by atoms with Gasteiger partial charge in [0.1, 0.15) is 5.82 Å². The molecule has 110 valence electrons. The summed E-state index contributed by atoms with van der Waals surface area (Å²) >= 11 is 0. The number of nitrogens with one attached hydrogen (secondary N) is 1. The van der Waals surface area contributed by atoms with Crippen LogP contribution in [0.15, 0.2) is 18.2 Å². The average molecular weight is 281 g/mol. The second-order valence-electron chi connectivity index (χ2n) is 6.03. The molecule has 1 aromatic carbocycles. The fraction of sp³-hybridized carbons (Fsp3) is 0.467. The average Bonchev–Trinajstić information content (AvgIpc) is 2.26. The molecule has 4 nitrogen and oxygen atoms in total. The Morgan fingerprint density at radius 1 is 1.15 bits per heavy atom. The Balaban J connectivity index is 3.03. The monoisotopic (exact) mass is 281 g/mol. The van der Waals surface area contributed by atoms with E-state index in [0.29, 0.717) is 5.56 Å². The lowest BCUT2D eigenvalue weighted by Gasteiger charge is -2.38. The first-order valence-corrected chi connectivity index (χ1v) is 6.30. The molecule has 5 heteroatoms. The second kappa shape index (κ2) is 5.23. The van der Waals surface area contributed by atoms with E-state index in [1.165, 1.54) is 19.9 Å². The Labute approximate surface area is 118 Å². The number of halogens is 1. The van der Waals surface area contributed by atoms with Crippen molar-refractivity contribution in [2.24, 2.45) is 5.41 Å². The highest BCUT2D eigenvalue weighted by Gasteiger charge is 2.44. The molecule has 1 amide bonds. The first-order chi connectivity index (χ1) is 8.97. The molecule has 0 radical (unpaired) electrons. The van der Waals surface area contributed by atoms with Crippen molar-refractivity contribution in [2.45, 2.75) is 40.2 Å². The standard InChI is InChI=1S/C15H20FNO3/c1-9-6-10(8-11(16)7-9)12(18)17-15(4,5)14(2,3)13(19)20/h6-8H,1-5H3,(H,17,18)(H,19,20). The first kappa shape index (κ1) is 16.1. The van der Waals surface area contributed by atoms with Crippen molar-refractivity contribution in [2.75, 3.05) is 0 Å². The van der Waals surface area contributed by atoms with Gasteiger partial charge in [0, 0.05) is 5.56 Å². The highest BCUT2D eigenvalue weighted by atomic mass is 19.1. The van der Waals surface area contributed by atoms with E-state index in [4.69, 9.17) is 0 Å². The van der Waals surface area contributed by atoms with Crippen LogP contribution < -0.4 is 5.32 Å². The largest absolute Gasteiger partial charge is 0.481 e. The minimum atomic E-state index is -1.16. The Bertz CT molecular complexity index is 530. The maximum absolute atomic E-state index is 13.3. The lowest BCUT2D eigenvalue weighted by Crippen LogP contribution is -2.57. The summed E-state index contributed by atoms with van der Waals surface area (Å²) in [4.78, 5) is 23.4. The van der Waals surface area contributed by atoms with Crippen molar-refractivity contribution in [3.05, 3.63) is 35.1 Å². The van der Waals surface area contributed by atoms with E-state index in [-0.39, 0.29) is 5.56 Å². The quantitative estimate of drug-likeness (QED) is 0.891. The molecule has 0 saturated heterocycles. The van der Waals surface area contributed by atoms with E-state index < -0.39 is 28.6 Å². The number of amides is 1. The van der Waals surface area contributed by atoms with Crippen LogP contribution in [-0.2, 0) is 4.79 Å². The molecule has 0 fully saturated rings. The number of hydrogen-bond donors (Lipinski definition) is 2. The van der Waals surface area contributed by atoms with E-state index in [0.717, 1.165) is 6.07 Å². The van der Waals surface area contributed by atoms with Gasteiger partial charge < -0.3 is 10.4 Å². The normalized spacial score (nSPS) is 12.1. The summed E-state index contributed by atoms with van der Waals surface area (Å²) in [5, 5.41) is 11.9. The minimum Gasteiger partial charge on any atom is -0.481 e. The number of benzene rings is 1. The van der Waals surface area contributed by atoms with Gasteiger partial charge in [0.25, 0.3) is 5.91 Å². The molecule has 0 aromatic heterocycles. The number of carboxylic acid groups (broad SMARTS) is 1. The molecule has 0 aliphatic rings. The van der Waals surface area contributed by atoms with E-state index in [1.807, 2.05) is 0 Å². The van der Waals surface area contributed by atoms with Crippen LogP contribution in [0.2, 0.25) is 0 Å². The van der Waals surface area contributed by atoms with Crippen LogP contribution in [0.25, 0.3) is 0 Å². The molecule has 2 N–H and O–H groups in total. The zero-order chi connectivity index (χ0) is 15.7. The van der Waals surface area contributed by atoms with E-state index in [9.17, 15) is 19.1 Å². The smallest absolute Gasteiger partial charge is 0.311 e. The number of carbonyl (C=O) groups is 2. The minimum absolute atomic E-state index is 0.178. The Morgan fingerprint density at radius 3 is 2.15 bits per heavy atom. The highest BCUT2D eigenvalue weighted by Crippen LogP contribution is 2.31. The zero-order valence-corrected chi connectivity index (χ0v) is 12.4. The Kier molecular flexibility index (Phi) is 4.22. The van der Waals surface area contributed by atoms with Crippen LogP contribution in [0.1, 0.15) is 43.6 Å². The third-order valence-corrected chi connectivity index (χ3v) is 3.83. The third-order valence-electron chi connectivity index (χ3n) is 3.83. The summed E-state index contributed by atoms with van der Waals surface area (Å²) in [6, 6.07) is 4.01. The number of aliphatic carboxylic acids is 1. The van der Waals surface area contributed by atoms with Gasteiger partial charge >= 0.3 is 5.97 Å². The number of carboxylic acids is 1. The maximum Gasteiger partial charge on any atom is 0.311 e. The van der Waals surface area contributed by atoms with Gasteiger partial charge in [-0.3, -0.25) is 9.59 Å². The highest BCUT2D eigenvalue weighted by molar-refractivity contribution is 5.95. The molecule has 0 unspecified atom stereocenters. The summed E-state index contributed by atoms with van der Waals surface area (Å²) in [5.41, 5.74) is -1.34. The van der Waals surface area contributed by atoms with Gasteiger partial charge in [0.05, 0.1) is 11.0 Å². The van der Waals surface area contributed by atoms with Crippen molar-refractivity contribution >= 4 is 11.9 Å². The van der Waals surface area contributed by atoms with E-state index in [2.05, 4.69) is 5.32 Å². The van der Waals surface area contributed by atoms with Gasteiger partial charge in [-0.05, 0) is 58.4 Å². The van der Waals surface area contributed by atoms with Crippen molar-refractivity contribution in [1.82, 2.24) is 5.32 Å². The van der Waals surface area contributed by atoms with Crippen molar-refractivity contribution in [1.29, 1.82) is 0 Å². The Morgan fingerprint density at radius 2 is 1.70 bits per heavy atom. The van der Waals surface area contributed by atoms with E-state index >= 15 is 0 Å². The maximum atomic E-state index is 13.3. The van der Waals surface area contributed by atoms with Crippen molar-refractivity contribution in [3.63, 3.8) is 0 Å². The summed E-state index contributed by atoms with van der Waals surface area (Å²) in [6.07, 6.45) is 0. The molecule has 0 heterocycles. The molecule has 1 rings (SSSR count). The molecule has 0 saturated carbocycles. The van der Waals surface area contributed by atoms with E-state index in [1.54, 1.807) is 26.8 Å². The van der Waals surface area contributed by atoms with Crippen molar-refractivity contribution in [3.8, 4) is 0 Å². The van der Waals surface area contributed by atoms with Crippen LogP contribution in [0.4, 0.5) is 4.39 Å². The lowest BCUT2D eigenvalue weighted by molar-refractivity contribution is -0.150. The second-order valence-corrected chi connectivity index (χ2v) is 6.03. The summed E-state index contributed by atoms with van der Waals surface area (Å²) in [6.45, 7) is 8.02. The predicted octanol–water partition coefficient (Wildman–Crippen LogP) is 2.75. The Hall–Kier alpha value is -1.91. The SMILES string of the molecule is Cc1cc(F)cc(C(=O)NC(C)(C)C(C)(C)C(=O)O)c1. The predicted molar refractivity (Wildman–Crippen MR) is 74.1 cm³/mol. The van der Waals surface area contributed by atoms with Crippen LogP contribution in [0.5, 0.6) is 0 Å². The number of hydrogen-bond acceptors (Lipinski definition) is 2. The fourth-order valence-corrected chi connectivity index (χ4v) is 1.65. The molecule has 1 aromatic rings. The number of rotatable bonds is 4. The molecular formula is C15H20FNO3. The molecule has 0 aliphatic carbocycles. The molecular weight excluding hydrogens is 261 g/mol. The molecule has 0 aliphatic heterocycles. The van der Waals surface area contributed by atoms with Crippen LogP contribution in [0, 0.1) is 18.2 Å². The molecule has 0 atom stereocenters. The fourth-order valence-electron chi connectivity index (χ4n) is 1.65. The van der Waals surface area contributed by atoms with Crippen LogP contribution in [-0.4, -0.2) is 22.5 Å². The van der Waals surface area contributed by atoms with Crippen LogP contribution in [0.3, 0.4) is 0 Å². The molecule has 0 bridgehead atoms. The summed E-state index contributed by atoms with van der Waals surface area (Å²) in [5.74, 6) is -2.00. The zero-order valence-electron chi connectivity index (χ0n) is 12.4. The summed E-state index contributed by atoms with van der Waals surface area (Å²) < 4.78 is 13.3. The van der Waals surface area contributed by atoms with Gasteiger partial charge in [-0.2, -0.15) is 0 Å². The topological polar surface area (TPSA) is 66.4 Å². The first-order valence-electron chi connectivity index (χ1n) is 6.30. The van der Waals surface area contributed by atoms with Gasteiger partial charge in [-0.25, -0.2) is 4.39 Å². The molecule has 0 spiro atoms. The van der Waals surface area contributed by atoms with Gasteiger partial charge in [0.2, 0.25) is 0 Å². The molecule has 20 heavy (non-hydrogen) atoms. The third kappa shape index (κ3) is 3.15. The summed E-state index contributed by atoms with van der Waals surface area (Å²) in [7, 11) is 0. The van der Waals surface area contributed by atoms with Gasteiger partial charge in [-0.1, -0.05) is 0 Å². The van der Waals surface area contributed by atoms with Gasteiger partial charge in [0.15, 0.2) is 0 Å². The van der Waals surface area contributed by atoms with Crippen LogP contribution >= 0.6 is 0 Å². The lowest BCUT2D eigenvalue weighted by atomic mass is 9.74. The number of aryl methyl sites for hydroxylation is 1. The van der Waals surface area contributed by atoms with Gasteiger partial charge in [-0.15, -0.1) is 0 Å².